The Labute approximate surface area is 184 Å². The standard InChI is InChI=1S/C20H26F2N2O3S.BrH/c1-3-23-8-9-24(14(23)2)7-4-10-27-18(25)11-17-19(26)16(13-28-17)15-5-6-20(21,22)12-15;/h8-9,13,15H,3-7,10-12H2,1-2H3;1H. The zero-order valence-electron chi connectivity index (χ0n) is 16.7. The Morgan fingerprint density at radius 3 is 2.86 bits per heavy atom. The SMILES string of the molecule is CCn1cc[n+](CCCOC(=O)Cc2scc(C3CCC(F)(F)C3)c2O)c1C.[Br-]. The van der Waals surface area contributed by atoms with Crippen LogP contribution in [0.2, 0.25) is 0 Å². The molecule has 1 saturated carbocycles. The summed E-state index contributed by atoms with van der Waals surface area (Å²) in [5.74, 6) is -2.27. The lowest BCUT2D eigenvalue weighted by atomic mass is 9.99. The van der Waals surface area contributed by atoms with Crippen molar-refractivity contribution in [2.24, 2.45) is 0 Å². The molecule has 1 N–H and O–H groups in total. The molecule has 0 saturated heterocycles. The molecule has 1 atom stereocenters. The molecule has 1 unspecified atom stereocenters. The van der Waals surface area contributed by atoms with Crippen LogP contribution >= 0.6 is 11.3 Å². The Bertz CT molecular complexity index is 838. The Kier molecular flexibility index (Phi) is 8.22. The van der Waals surface area contributed by atoms with Crippen molar-refractivity contribution >= 4 is 17.3 Å². The van der Waals surface area contributed by atoms with Crippen molar-refractivity contribution in [3.63, 3.8) is 0 Å². The number of aromatic hydroxyl groups is 1. The fraction of sp³-hybridized carbons (Fsp3) is 0.600. The van der Waals surface area contributed by atoms with Gasteiger partial charge in [0.2, 0.25) is 5.92 Å². The van der Waals surface area contributed by atoms with E-state index in [9.17, 15) is 18.7 Å². The van der Waals surface area contributed by atoms with E-state index in [0.29, 0.717) is 29.9 Å². The van der Waals surface area contributed by atoms with Gasteiger partial charge in [0.25, 0.3) is 5.82 Å². The first-order valence-electron chi connectivity index (χ1n) is 9.68. The van der Waals surface area contributed by atoms with E-state index in [1.165, 1.54) is 11.3 Å². The van der Waals surface area contributed by atoms with E-state index in [1.807, 2.05) is 19.3 Å². The van der Waals surface area contributed by atoms with E-state index in [1.54, 1.807) is 5.38 Å². The number of nitrogens with zero attached hydrogens (tertiary/aromatic N) is 2. The molecule has 9 heteroatoms. The quantitative estimate of drug-likeness (QED) is 0.339. The smallest absolute Gasteiger partial charge is 0.311 e. The lowest BCUT2D eigenvalue weighted by Crippen LogP contribution is -3.00. The highest BCUT2D eigenvalue weighted by Crippen LogP contribution is 2.48. The van der Waals surface area contributed by atoms with Gasteiger partial charge in [0, 0.05) is 31.7 Å². The molecular formula is C20H27BrF2N2O3S. The van der Waals surface area contributed by atoms with Crippen molar-refractivity contribution in [2.45, 2.75) is 70.9 Å². The number of thiophene rings is 1. The van der Waals surface area contributed by atoms with Gasteiger partial charge in [-0.2, -0.15) is 0 Å². The molecule has 162 valence electrons. The van der Waals surface area contributed by atoms with E-state index >= 15 is 0 Å². The molecule has 2 heterocycles. The average molecular weight is 493 g/mol. The van der Waals surface area contributed by atoms with Crippen LogP contribution in [0, 0.1) is 6.92 Å². The van der Waals surface area contributed by atoms with Crippen molar-refractivity contribution in [3.05, 3.63) is 34.0 Å². The molecule has 0 amide bonds. The number of aromatic nitrogens is 2. The van der Waals surface area contributed by atoms with E-state index < -0.39 is 11.9 Å². The van der Waals surface area contributed by atoms with Crippen LogP contribution in [0.3, 0.4) is 0 Å². The van der Waals surface area contributed by atoms with E-state index in [4.69, 9.17) is 4.74 Å². The maximum Gasteiger partial charge on any atom is 0.311 e. The molecular weight excluding hydrogens is 466 g/mol. The Hall–Kier alpha value is -1.48. The molecule has 1 aliphatic rings. The number of ether oxygens (including phenoxy) is 1. The van der Waals surface area contributed by atoms with Crippen molar-refractivity contribution in [1.29, 1.82) is 0 Å². The zero-order valence-corrected chi connectivity index (χ0v) is 19.1. The number of rotatable bonds is 8. The number of hydrogen-bond acceptors (Lipinski definition) is 4. The fourth-order valence-corrected chi connectivity index (χ4v) is 4.76. The van der Waals surface area contributed by atoms with Gasteiger partial charge in [-0.1, -0.05) is 0 Å². The summed E-state index contributed by atoms with van der Waals surface area (Å²) in [6.45, 7) is 6.11. The number of carbonyl (C=O) groups is 1. The highest BCUT2D eigenvalue weighted by atomic mass is 79.9. The van der Waals surface area contributed by atoms with Crippen molar-refractivity contribution < 1.29 is 45.0 Å². The molecule has 5 nitrogen and oxygen atoms in total. The lowest BCUT2D eigenvalue weighted by molar-refractivity contribution is -0.702. The Morgan fingerprint density at radius 2 is 2.24 bits per heavy atom. The Morgan fingerprint density at radius 1 is 1.48 bits per heavy atom. The number of halogens is 3. The predicted octanol–water partition coefficient (Wildman–Crippen LogP) is 0.954. The first-order valence-corrected chi connectivity index (χ1v) is 10.6. The molecule has 1 fully saturated rings. The first-order chi connectivity index (χ1) is 13.3. The Balaban J connectivity index is 0.00000300. The largest absolute Gasteiger partial charge is 1.00 e. The summed E-state index contributed by atoms with van der Waals surface area (Å²) in [6, 6.07) is 0. The molecule has 1 aliphatic carbocycles. The second-order valence-electron chi connectivity index (χ2n) is 7.33. The molecule has 0 aliphatic heterocycles. The van der Waals surface area contributed by atoms with E-state index in [0.717, 1.165) is 18.9 Å². The predicted molar refractivity (Wildman–Crippen MR) is 102 cm³/mol. The topological polar surface area (TPSA) is 55.3 Å². The van der Waals surface area contributed by atoms with Crippen molar-refractivity contribution in [3.8, 4) is 5.75 Å². The van der Waals surface area contributed by atoms with Gasteiger partial charge in [-0.05, 0) is 24.6 Å². The monoisotopic (exact) mass is 492 g/mol. The molecule has 29 heavy (non-hydrogen) atoms. The normalized spacial score (nSPS) is 17.9. The number of carbonyl (C=O) groups excluding carboxylic acids is 1. The van der Waals surface area contributed by atoms with Gasteiger partial charge in [-0.3, -0.25) is 4.79 Å². The van der Waals surface area contributed by atoms with Crippen LogP contribution < -0.4 is 21.5 Å². The summed E-state index contributed by atoms with van der Waals surface area (Å²) in [5.41, 5.74) is 0.539. The van der Waals surface area contributed by atoms with Crippen molar-refractivity contribution in [2.75, 3.05) is 6.61 Å². The minimum absolute atomic E-state index is 0. The minimum atomic E-state index is -2.66. The van der Waals surface area contributed by atoms with Gasteiger partial charge < -0.3 is 26.8 Å². The molecule has 0 bridgehead atoms. The molecule has 2 aromatic rings. The van der Waals surface area contributed by atoms with E-state index in [2.05, 4.69) is 16.1 Å². The van der Waals surface area contributed by atoms with Crippen LogP contribution in [0.5, 0.6) is 5.75 Å². The van der Waals surface area contributed by atoms with E-state index in [-0.39, 0.29) is 47.9 Å². The van der Waals surface area contributed by atoms with Crippen LogP contribution in [-0.2, 0) is 29.0 Å². The van der Waals surface area contributed by atoms with Gasteiger partial charge in [0.15, 0.2) is 0 Å². The van der Waals surface area contributed by atoms with Gasteiger partial charge >= 0.3 is 5.97 Å². The third kappa shape index (κ3) is 5.78. The molecule has 3 rings (SSSR count). The highest BCUT2D eigenvalue weighted by molar-refractivity contribution is 7.10. The molecule has 0 aromatic carbocycles. The summed E-state index contributed by atoms with van der Waals surface area (Å²) in [4.78, 5) is 12.6. The second kappa shape index (κ2) is 10.0. The first kappa shape index (κ1) is 23.8. The summed E-state index contributed by atoms with van der Waals surface area (Å²) >= 11 is 1.23. The molecule has 2 aromatic heterocycles. The number of alkyl halides is 2. The van der Waals surface area contributed by atoms with Gasteiger partial charge in [0.1, 0.15) is 18.1 Å². The van der Waals surface area contributed by atoms with Crippen molar-refractivity contribution in [1.82, 2.24) is 4.57 Å². The fourth-order valence-electron chi connectivity index (χ4n) is 3.75. The maximum absolute atomic E-state index is 13.4. The molecule has 0 spiro atoms. The number of imidazole rings is 1. The van der Waals surface area contributed by atoms with Gasteiger partial charge in [0.05, 0.1) is 31.0 Å². The van der Waals surface area contributed by atoms with Crippen LogP contribution in [0.25, 0.3) is 0 Å². The highest BCUT2D eigenvalue weighted by Gasteiger charge is 2.41. The maximum atomic E-state index is 13.4. The van der Waals surface area contributed by atoms with Crippen LogP contribution in [0.15, 0.2) is 17.8 Å². The summed E-state index contributed by atoms with van der Waals surface area (Å²) in [7, 11) is 0. The van der Waals surface area contributed by atoms with Crippen LogP contribution in [0.1, 0.15) is 54.8 Å². The van der Waals surface area contributed by atoms with Gasteiger partial charge in [-0.25, -0.2) is 17.9 Å². The minimum Gasteiger partial charge on any atom is -1.00 e. The second-order valence-corrected chi connectivity index (χ2v) is 8.30. The zero-order chi connectivity index (χ0) is 20.3. The number of aryl methyl sites for hydroxylation is 2. The third-order valence-corrected chi connectivity index (χ3v) is 6.41. The average Bonchev–Trinajstić information content (AvgIpc) is 3.30. The number of hydrogen-bond donors (Lipinski definition) is 1. The summed E-state index contributed by atoms with van der Waals surface area (Å²) in [6.07, 6.45) is 4.68. The number of esters is 1. The lowest BCUT2D eigenvalue weighted by Gasteiger charge is -2.10. The van der Waals surface area contributed by atoms with Crippen LogP contribution in [0.4, 0.5) is 8.78 Å². The molecule has 0 radical (unpaired) electrons. The third-order valence-electron chi connectivity index (χ3n) is 5.42. The summed E-state index contributed by atoms with van der Waals surface area (Å²) in [5, 5.41) is 12.0. The summed E-state index contributed by atoms with van der Waals surface area (Å²) < 4.78 is 36.4. The van der Waals surface area contributed by atoms with Crippen LogP contribution in [-0.4, -0.2) is 28.2 Å². The van der Waals surface area contributed by atoms with Gasteiger partial charge in [-0.15, -0.1) is 11.3 Å².